The van der Waals surface area contributed by atoms with Crippen LogP contribution in [0.25, 0.3) is 5.69 Å². The van der Waals surface area contributed by atoms with E-state index in [2.05, 4.69) is 15.4 Å². The number of ether oxygens (including phenoxy) is 2. The first kappa shape index (κ1) is 17.2. The first-order chi connectivity index (χ1) is 13.3. The van der Waals surface area contributed by atoms with Crippen molar-refractivity contribution >= 4 is 11.6 Å². The van der Waals surface area contributed by atoms with E-state index in [9.17, 15) is 4.79 Å². The highest BCUT2D eigenvalue weighted by molar-refractivity contribution is 6.06. The van der Waals surface area contributed by atoms with Gasteiger partial charge in [-0.15, -0.1) is 0 Å². The van der Waals surface area contributed by atoms with Crippen molar-refractivity contribution in [2.45, 2.75) is 18.9 Å². The molecule has 27 heavy (non-hydrogen) atoms. The van der Waals surface area contributed by atoms with E-state index in [-0.39, 0.29) is 12.0 Å². The minimum atomic E-state index is -0.214. The molecule has 1 aromatic heterocycles. The van der Waals surface area contributed by atoms with Crippen molar-refractivity contribution in [3.63, 3.8) is 0 Å². The molecule has 2 aromatic carbocycles. The van der Waals surface area contributed by atoms with E-state index in [1.807, 2.05) is 42.5 Å². The maximum Gasteiger partial charge on any atom is 0.257 e. The van der Waals surface area contributed by atoms with E-state index in [4.69, 9.17) is 9.47 Å². The lowest BCUT2D eigenvalue weighted by Gasteiger charge is -2.12. The Hall–Kier alpha value is -3.19. The SMILES string of the molecule is O=C(Nc1ccc(OCC2CCCO2)cc1)c1ccccc1-n1cncn1. The van der Waals surface area contributed by atoms with Crippen LogP contribution in [0, 0.1) is 0 Å². The van der Waals surface area contributed by atoms with Crippen molar-refractivity contribution in [2.75, 3.05) is 18.5 Å². The number of carbonyl (C=O) groups excluding carboxylic acids is 1. The number of rotatable bonds is 6. The Morgan fingerprint density at radius 1 is 1.22 bits per heavy atom. The van der Waals surface area contributed by atoms with Gasteiger partial charge in [-0.25, -0.2) is 9.67 Å². The molecule has 4 rings (SSSR count). The molecule has 1 unspecified atom stereocenters. The number of aromatic nitrogens is 3. The number of carbonyl (C=O) groups is 1. The number of anilines is 1. The maximum atomic E-state index is 12.7. The molecular weight excluding hydrogens is 344 g/mol. The average molecular weight is 364 g/mol. The van der Waals surface area contributed by atoms with Crippen molar-refractivity contribution in [1.82, 2.24) is 14.8 Å². The fourth-order valence-corrected chi connectivity index (χ4v) is 3.00. The van der Waals surface area contributed by atoms with E-state index in [1.54, 1.807) is 17.1 Å². The Balaban J connectivity index is 1.41. The van der Waals surface area contributed by atoms with Gasteiger partial charge < -0.3 is 14.8 Å². The van der Waals surface area contributed by atoms with Crippen molar-refractivity contribution in [2.24, 2.45) is 0 Å². The highest BCUT2D eigenvalue weighted by Gasteiger charge is 2.16. The first-order valence-corrected chi connectivity index (χ1v) is 8.89. The fourth-order valence-electron chi connectivity index (χ4n) is 3.00. The van der Waals surface area contributed by atoms with E-state index >= 15 is 0 Å². The molecular formula is C20H20N4O3. The third kappa shape index (κ3) is 4.15. The van der Waals surface area contributed by atoms with Gasteiger partial charge in [0.2, 0.25) is 0 Å². The smallest absolute Gasteiger partial charge is 0.257 e. The van der Waals surface area contributed by atoms with Crippen molar-refractivity contribution in [3.8, 4) is 11.4 Å². The zero-order valence-electron chi connectivity index (χ0n) is 14.7. The van der Waals surface area contributed by atoms with Gasteiger partial charge in [-0.3, -0.25) is 4.79 Å². The van der Waals surface area contributed by atoms with Gasteiger partial charge in [-0.1, -0.05) is 12.1 Å². The average Bonchev–Trinajstić information content (AvgIpc) is 3.41. The summed E-state index contributed by atoms with van der Waals surface area (Å²) in [6.07, 6.45) is 5.31. The van der Waals surface area contributed by atoms with E-state index < -0.39 is 0 Å². The highest BCUT2D eigenvalue weighted by Crippen LogP contribution is 2.20. The summed E-state index contributed by atoms with van der Waals surface area (Å²) >= 11 is 0. The number of nitrogens with zero attached hydrogens (tertiary/aromatic N) is 3. The van der Waals surface area contributed by atoms with E-state index in [0.29, 0.717) is 23.5 Å². The van der Waals surface area contributed by atoms with E-state index in [1.165, 1.54) is 6.33 Å². The van der Waals surface area contributed by atoms with Gasteiger partial charge in [-0.05, 0) is 49.2 Å². The van der Waals surface area contributed by atoms with Crippen LogP contribution in [-0.4, -0.2) is 40.0 Å². The largest absolute Gasteiger partial charge is 0.491 e. The second kappa shape index (κ2) is 8.01. The Morgan fingerprint density at radius 3 is 2.81 bits per heavy atom. The monoisotopic (exact) mass is 364 g/mol. The molecule has 7 heteroatoms. The number of benzene rings is 2. The molecule has 1 atom stereocenters. The lowest BCUT2D eigenvalue weighted by molar-refractivity contribution is 0.0679. The Labute approximate surface area is 156 Å². The van der Waals surface area contributed by atoms with Crippen LogP contribution in [-0.2, 0) is 4.74 Å². The second-order valence-electron chi connectivity index (χ2n) is 6.28. The molecule has 1 N–H and O–H groups in total. The predicted octanol–water partition coefficient (Wildman–Crippen LogP) is 3.08. The van der Waals surface area contributed by atoms with Crippen molar-refractivity contribution in [3.05, 3.63) is 66.7 Å². The molecule has 0 spiro atoms. The molecule has 138 valence electrons. The molecule has 1 amide bonds. The van der Waals surface area contributed by atoms with Gasteiger partial charge >= 0.3 is 0 Å². The summed E-state index contributed by atoms with van der Waals surface area (Å²) in [4.78, 5) is 16.6. The standard InChI is InChI=1S/C20H20N4O3/c25-20(18-5-1-2-6-19(18)24-14-21-13-22-24)23-15-7-9-16(10-8-15)27-12-17-4-3-11-26-17/h1-2,5-10,13-14,17H,3-4,11-12H2,(H,23,25). The van der Waals surface area contributed by atoms with Crippen molar-refractivity contribution < 1.29 is 14.3 Å². The van der Waals surface area contributed by atoms with Crippen LogP contribution in [0.15, 0.2) is 61.2 Å². The predicted molar refractivity (Wildman–Crippen MR) is 100 cm³/mol. The lowest BCUT2D eigenvalue weighted by Crippen LogP contribution is -2.16. The minimum absolute atomic E-state index is 0.178. The molecule has 3 aromatic rings. The molecule has 7 nitrogen and oxygen atoms in total. The molecule has 2 heterocycles. The van der Waals surface area contributed by atoms with Gasteiger partial charge in [0.1, 0.15) is 25.0 Å². The summed E-state index contributed by atoms with van der Waals surface area (Å²) in [5.41, 5.74) is 1.88. The molecule has 0 bridgehead atoms. The summed E-state index contributed by atoms with van der Waals surface area (Å²) in [6.45, 7) is 1.37. The fraction of sp³-hybridized carbons (Fsp3) is 0.250. The Kier molecular flexibility index (Phi) is 5.11. The Bertz CT molecular complexity index is 888. The summed E-state index contributed by atoms with van der Waals surface area (Å²) < 4.78 is 12.9. The van der Waals surface area contributed by atoms with Crippen LogP contribution in [0.5, 0.6) is 5.75 Å². The first-order valence-electron chi connectivity index (χ1n) is 8.89. The number of nitrogens with one attached hydrogen (secondary N) is 1. The lowest BCUT2D eigenvalue weighted by atomic mass is 10.1. The van der Waals surface area contributed by atoms with E-state index in [0.717, 1.165) is 25.2 Å². The van der Waals surface area contributed by atoms with Crippen LogP contribution >= 0.6 is 0 Å². The molecule has 0 aliphatic carbocycles. The van der Waals surface area contributed by atoms with Gasteiger partial charge in [-0.2, -0.15) is 5.10 Å². The molecule has 1 fully saturated rings. The number of amides is 1. The van der Waals surface area contributed by atoms with Crippen LogP contribution in [0.1, 0.15) is 23.2 Å². The Morgan fingerprint density at radius 2 is 2.07 bits per heavy atom. The third-order valence-corrected chi connectivity index (χ3v) is 4.39. The molecule has 0 saturated carbocycles. The summed E-state index contributed by atoms with van der Waals surface area (Å²) in [6, 6.07) is 14.6. The number of para-hydroxylation sites is 1. The molecule has 1 saturated heterocycles. The van der Waals surface area contributed by atoms with Crippen LogP contribution in [0.3, 0.4) is 0 Å². The summed E-state index contributed by atoms with van der Waals surface area (Å²) in [5.74, 6) is 0.542. The zero-order chi connectivity index (χ0) is 18.5. The van der Waals surface area contributed by atoms with Gasteiger partial charge in [0.25, 0.3) is 5.91 Å². The zero-order valence-corrected chi connectivity index (χ0v) is 14.7. The van der Waals surface area contributed by atoms with Crippen LogP contribution < -0.4 is 10.1 Å². The summed E-state index contributed by atoms with van der Waals surface area (Å²) in [7, 11) is 0. The molecule has 1 aliphatic rings. The summed E-state index contributed by atoms with van der Waals surface area (Å²) in [5, 5.41) is 7.00. The van der Waals surface area contributed by atoms with Crippen LogP contribution in [0.2, 0.25) is 0 Å². The third-order valence-electron chi connectivity index (χ3n) is 4.39. The van der Waals surface area contributed by atoms with Gasteiger partial charge in [0.15, 0.2) is 0 Å². The van der Waals surface area contributed by atoms with Gasteiger partial charge in [0, 0.05) is 12.3 Å². The second-order valence-corrected chi connectivity index (χ2v) is 6.28. The van der Waals surface area contributed by atoms with Gasteiger partial charge in [0.05, 0.1) is 17.4 Å². The number of hydrogen-bond donors (Lipinski definition) is 1. The molecule has 1 aliphatic heterocycles. The normalized spacial score (nSPS) is 16.2. The maximum absolute atomic E-state index is 12.7. The molecule has 0 radical (unpaired) electrons. The topological polar surface area (TPSA) is 78.3 Å². The van der Waals surface area contributed by atoms with Crippen molar-refractivity contribution in [1.29, 1.82) is 0 Å². The quantitative estimate of drug-likeness (QED) is 0.727. The minimum Gasteiger partial charge on any atom is -0.491 e. The number of hydrogen-bond acceptors (Lipinski definition) is 5. The van der Waals surface area contributed by atoms with Crippen LogP contribution in [0.4, 0.5) is 5.69 Å². The highest BCUT2D eigenvalue weighted by atomic mass is 16.5.